The maximum absolute atomic E-state index is 5.24. The third kappa shape index (κ3) is 8.00. The number of nitrogens with zero attached hydrogens (tertiary/aromatic N) is 3. The van der Waals surface area contributed by atoms with Crippen LogP contribution < -0.4 is 10.6 Å². The summed E-state index contributed by atoms with van der Waals surface area (Å²) in [6, 6.07) is 0.424. The van der Waals surface area contributed by atoms with Gasteiger partial charge in [0.05, 0.1) is 0 Å². The number of hydrogen-bond donors (Lipinski definition) is 2. The Morgan fingerprint density at radius 3 is 2.48 bits per heavy atom. The lowest BCUT2D eigenvalue weighted by atomic mass is 10.0. The molecule has 1 atom stereocenters. The van der Waals surface area contributed by atoms with Crippen molar-refractivity contribution in [1.82, 2.24) is 20.8 Å². The van der Waals surface area contributed by atoms with E-state index in [0.717, 1.165) is 43.5 Å². The molecule has 0 radical (unpaired) electrons. The van der Waals surface area contributed by atoms with Crippen molar-refractivity contribution in [3.8, 4) is 0 Å². The summed E-state index contributed by atoms with van der Waals surface area (Å²) in [5.41, 5.74) is 0. The molecule has 6 heteroatoms. The van der Waals surface area contributed by atoms with Crippen molar-refractivity contribution in [1.29, 1.82) is 0 Å². The maximum atomic E-state index is 5.24. The van der Waals surface area contributed by atoms with E-state index in [1.54, 1.807) is 7.05 Å². The molecular weight excluding hydrogens is 290 g/mol. The second kappa shape index (κ2) is 10.2. The second-order valence-electron chi connectivity index (χ2n) is 6.82. The number of hydrogen-bond acceptors (Lipinski definition) is 4. The fraction of sp³-hybridized carbons (Fsp3) is 0.824. The molecule has 0 fully saturated rings. The van der Waals surface area contributed by atoms with E-state index < -0.39 is 0 Å². The Hall–Kier alpha value is -1.59. The van der Waals surface area contributed by atoms with Crippen LogP contribution in [-0.2, 0) is 6.42 Å². The summed E-state index contributed by atoms with van der Waals surface area (Å²) in [5.74, 6) is 3.39. The summed E-state index contributed by atoms with van der Waals surface area (Å²) in [7, 11) is 1.80. The van der Waals surface area contributed by atoms with Crippen molar-refractivity contribution in [2.24, 2.45) is 10.9 Å². The standard InChI is InChI=1S/C17H33N5O/c1-12(2)9-10-14(5)20-17(18-6)19-11-7-8-15-21-16(13(3)4)22-23-15/h12-14H,7-11H2,1-6H3,(H2,18,19,20). The van der Waals surface area contributed by atoms with Gasteiger partial charge in [0.15, 0.2) is 11.8 Å². The normalized spacial score (nSPS) is 13.7. The van der Waals surface area contributed by atoms with E-state index in [0.29, 0.717) is 17.9 Å². The van der Waals surface area contributed by atoms with E-state index in [4.69, 9.17) is 4.52 Å². The third-order valence-electron chi connectivity index (χ3n) is 3.64. The van der Waals surface area contributed by atoms with Gasteiger partial charge in [-0.25, -0.2) is 0 Å². The molecule has 23 heavy (non-hydrogen) atoms. The average Bonchev–Trinajstić information content (AvgIpc) is 2.97. The van der Waals surface area contributed by atoms with Gasteiger partial charge in [-0.15, -0.1) is 0 Å². The van der Waals surface area contributed by atoms with Crippen LogP contribution in [0.15, 0.2) is 9.52 Å². The third-order valence-corrected chi connectivity index (χ3v) is 3.64. The van der Waals surface area contributed by atoms with Gasteiger partial charge in [0, 0.05) is 32.0 Å². The summed E-state index contributed by atoms with van der Waals surface area (Å²) < 4.78 is 5.24. The predicted molar refractivity (Wildman–Crippen MR) is 94.7 cm³/mol. The maximum Gasteiger partial charge on any atom is 0.226 e. The zero-order valence-electron chi connectivity index (χ0n) is 15.5. The number of rotatable bonds is 9. The highest BCUT2D eigenvalue weighted by Crippen LogP contribution is 2.10. The molecule has 0 aromatic carbocycles. The van der Waals surface area contributed by atoms with Crippen LogP contribution in [0.25, 0.3) is 0 Å². The van der Waals surface area contributed by atoms with Gasteiger partial charge in [-0.3, -0.25) is 4.99 Å². The van der Waals surface area contributed by atoms with E-state index >= 15 is 0 Å². The first-order chi connectivity index (χ1) is 10.9. The lowest BCUT2D eigenvalue weighted by Crippen LogP contribution is -2.42. The minimum absolute atomic E-state index is 0.306. The van der Waals surface area contributed by atoms with E-state index in [1.807, 2.05) is 0 Å². The molecular formula is C17H33N5O. The molecule has 1 rings (SSSR count). The first-order valence-electron chi connectivity index (χ1n) is 8.72. The number of aryl methyl sites for hydroxylation is 1. The van der Waals surface area contributed by atoms with Crippen LogP contribution in [0.1, 0.15) is 71.5 Å². The first-order valence-corrected chi connectivity index (χ1v) is 8.72. The molecule has 0 saturated heterocycles. The zero-order valence-corrected chi connectivity index (χ0v) is 15.5. The van der Waals surface area contributed by atoms with Crippen LogP contribution >= 0.6 is 0 Å². The van der Waals surface area contributed by atoms with Crippen molar-refractivity contribution in [3.05, 3.63) is 11.7 Å². The summed E-state index contributed by atoms with van der Waals surface area (Å²) in [6.07, 6.45) is 4.09. The molecule has 0 spiro atoms. The SMILES string of the molecule is CN=C(NCCCc1nc(C(C)C)no1)NC(C)CCC(C)C. The van der Waals surface area contributed by atoms with Crippen molar-refractivity contribution in [2.75, 3.05) is 13.6 Å². The van der Waals surface area contributed by atoms with Crippen molar-refractivity contribution in [2.45, 2.75) is 72.3 Å². The topological polar surface area (TPSA) is 75.3 Å². The van der Waals surface area contributed by atoms with Crippen LogP contribution in [0.4, 0.5) is 0 Å². The molecule has 6 nitrogen and oxygen atoms in total. The first kappa shape index (κ1) is 19.5. The Morgan fingerprint density at radius 1 is 1.17 bits per heavy atom. The molecule has 1 aromatic heterocycles. The largest absolute Gasteiger partial charge is 0.356 e. The van der Waals surface area contributed by atoms with E-state index in [2.05, 4.69) is 60.4 Å². The minimum atomic E-state index is 0.306. The lowest BCUT2D eigenvalue weighted by Gasteiger charge is -2.18. The summed E-state index contributed by atoms with van der Waals surface area (Å²) in [4.78, 5) is 8.65. The highest BCUT2D eigenvalue weighted by Gasteiger charge is 2.10. The second-order valence-corrected chi connectivity index (χ2v) is 6.82. The lowest BCUT2D eigenvalue weighted by molar-refractivity contribution is 0.368. The monoisotopic (exact) mass is 323 g/mol. The average molecular weight is 323 g/mol. The molecule has 0 amide bonds. The van der Waals surface area contributed by atoms with Gasteiger partial charge in [-0.2, -0.15) is 4.98 Å². The van der Waals surface area contributed by atoms with Crippen molar-refractivity contribution < 1.29 is 4.52 Å². The van der Waals surface area contributed by atoms with Gasteiger partial charge in [0.25, 0.3) is 0 Å². The number of guanidine groups is 1. The molecule has 132 valence electrons. The van der Waals surface area contributed by atoms with Crippen LogP contribution in [0.2, 0.25) is 0 Å². The van der Waals surface area contributed by atoms with Crippen molar-refractivity contribution >= 4 is 5.96 Å². The Balaban J connectivity index is 2.24. The summed E-state index contributed by atoms with van der Waals surface area (Å²) in [6.45, 7) is 11.7. The molecule has 0 saturated carbocycles. The Kier molecular flexibility index (Phi) is 8.66. The van der Waals surface area contributed by atoms with Gasteiger partial charge < -0.3 is 15.2 Å². The number of nitrogens with one attached hydrogen (secondary N) is 2. The molecule has 0 aliphatic rings. The fourth-order valence-corrected chi connectivity index (χ4v) is 2.13. The Bertz CT molecular complexity index is 467. The van der Waals surface area contributed by atoms with E-state index in [-0.39, 0.29) is 0 Å². The molecule has 1 aromatic rings. The van der Waals surface area contributed by atoms with Crippen LogP contribution in [-0.4, -0.2) is 35.7 Å². The summed E-state index contributed by atoms with van der Waals surface area (Å²) >= 11 is 0. The molecule has 2 N–H and O–H groups in total. The van der Waals surface area contributed by atoms with Crippen LogP contribution in [0.5, 0.6) is 0 Å². The highest BCUT2D eigenvalue weighted by molar-refractivity contribution is 5.79. The molecule has 1 heterocycles. The quantitative estimate of drug-likeness (QED) is 0.415. The summed E-state index contributed by atoms with van der Waals surface area (Å²) in [5, 5.41) is 10.7. The highest BCUT2D eigenvalue weighted by atomic mass is 16.5. The van der Waals surface area contributed by atoms with E-state index in [1.165, 1.54) is 6.42 Å². The van der Waals surface area contributed by atoms with Gasteiger partial charge in [-0.05, 0) is 32.1 Å². The Morgan fingerprint density at radius 2 is 1.91 bits per heavy atom. The van der Waals surface area contributed by atoms with Crippen molar-refractivity contribution in [3.63, 3.8) is 0 Å². The zero-order chi connectivity index (χ0) is 17.2. The molecule has 0 bridgehead atoms. The van der Waals surface area contributed by atoms with Gasteiger partial charge in [0.2, 0.25) is 5.89 Å². The van der Waals surface area contributed by atoms with Crippen LogP contribution in [0, 0.1) is 5.92 Å². The van der Waals surface area contributed by atoms with Crippen LogP contribution in [0.3, 0.4) is 0 Å². The Labute approximate surface area is 140 Å². The fourth-order valence-electron chi connectivity index (χ4n) is 2.13. The predicted octanol–water partition coefficient (Wildman–Crippen LogP) is 3.12. The smallest absolute Gasteiger partial charge is 0.226 e. The number of aliphatic imine (C=N–C) groups is 1. The minimum Gasteiger partial charge on any atom is -0.356 e. The van der Waals surface area contributed by atoms with Gasteiger partial charge >= 0.3 is 0 Å². The molecule has 0 aliphatic heterocycles. The number of aromatic nitrogens is 2. The molecule has 1 unspecified atom stereocenters. The van der Waals surface area contributed by atoms with Gasteiger partial charge in [0.1, 0.15) is 0 Å². The molecule has 0 aliphatic carbocycles. The van der Waals surface area contributed by atoms with Gasteiger partial charge in [-0.1, -0.05) is 32.9 Å². The van der Waals surface area contributed by atoms with E-state index in [9.17, 15) is 0 Å².